The number of carbonyl (C=O) groups is 3. The lowest BCUT2D eigenvalue weighted by Gasteiger charge is -2.32. The Morgan fingerprint density at radius 1 is 1.19 bits per heavy atom. The predicted molar refractivity (Wildman–Crippen MR) is 143 cm³/mol. The Labute approximate surface area is 217 Å². The Morgan fingerprint density at radius 3 is 2.51 bits per heavy atom. The maximum atomic E-state index is 13.4. The number of likely N-dealkylation sites (tertiary alicyclic amines) is 1. The van der Waals surface area contributed by atoms with Crippen LogP contribution >= 0.6 is 0 Å². The zero-order valence-electron chi connectivity index (χ0n) is 22.6. The third-order valence-corrected chi connectivity index (χ3v) is 7.08. The fourth-order valence-corrected chi connectivity index (χ4v) is 5.05. The highest BCUT2D eigenvalue weighted by atomic mass is 16.2. The van der Waals surface area contributed by atoms with Crippen molar-refractivity contribution >= 4 is 34.5 Å². The second kappa shape index (κ2) is 10.9. The number of nitrogens with zero attached hydrogens (tertiary/aromatic N) is 6. The fraction of sp³-hybridized carbons (Fsp3) is 0.556. The van der Waals surface area contributed by atoms with E-state index in [2.05, 4.69) is 15.4 Å². The van der Waals surface area contributed by atoms with Gasteiger partial charge in [-0.25, -0.2) is 14.7 Å². The first-order valence-corrected chi connectivity index (χ1v) is 12.9. The number of hydrogen-bond acceptors (Lipinski definition) is 6. The van der Waals surface area contributed by atoms with Crippen molar-refractivity contribution in [3.05, 3.63) is 35.2 Å². The van der Waals surface area contributed by atoms with Crippen LogP contribution in [0.4, 0.5) is 0 Å². The maximum absolute atomic E-state index is 13.4. The van der Waals surface area contributed by atoms with Gasteiger partial charge in [0.15, 0.2) is 5.65 Å². The molecule has 2 aromatic heterocycles. The lowest BCUT2D eigenvalue weighted by Crippen LogP contribution is -2.42. The van der Waals surface area contributed by atoms with Crippen LogP contribution in [0.2, 0.25) is 0 Å². The van der Waals surface area contributed by atoms with Gasteiger partial charge in [-0.3, -0.25) is 14.4 Å². The molecule has 0 radical (unpaired) electrons. The summed E-state index contributed by atoms with van der Waals surface area (Å²) in [5.41, 5.74) is 3.59. The number of piperidine rings is 1. The molecular formula is C27H37N7O3. The van der Waals surface area contributed by atoms with Crippen LogP contribution in [0.25, 0.3) is 11.0 Å². The van der Waals surface area contributed by atoms with Gasteiger partial charge in [-0.05, 0) is 66.8 Å². The molecule has 0 aliphatic carbocycles. The molecule has 2 aliphatic rings. The van der Waals surface area contributed by atoms with Crippen LogP contribution in [-0.4, -0.2) is 88.3 Å². The van der Waals surface area contributed by atoms with E-state index in [1.54, 1.807) is 13.1 Å². The molecule has 1 N–H and O–H groups in total. The molecule has 1 saturated heterocycles. The zero-order chi connectivity index (χ0) is 26.9. The molecule has 1 unspecified atom stereocenters. The molecule has 198 valence electrons. The normalized spacial score (nSPS) is 19.0. The van der Waals surface area contributed by atoms with Crippen LogP contribution < -0.4 is 5.32 Å². The van der Waals surface area contributed by atoms with E-state index in [9.17, 15) is 14.4 Å². The van der Waals surface area contributed by atoms with Crippen molar-refractivity contribution in [1.29, 1.82) is 0 Å². The summed E-state index contributed by atoms with van der Waals surface area (Å²) in [5, 5.41) is 8.14. The highest BCUT2D eigenvalue weighted by Gasteiger charge is 2.28. The van der Waals surface area contributed by atoms with E-state index in [-0.39, 0.29) is 36.2 Å². The number of aliphatic imine (C=N–C) groups is 1. The van der Waals surface area contributed by atoms with Crippen molar-refractivity contribution in [3.63, 3.8) is 0 Å². The van der Waals surface area contributed by atoms with Crippen LogP contribution in [0, 0.1) is 5.92 Å². The van der Waals surface area contributed by atoms with Crippen LogP contribution in [0.1, 0.15) is 68.5 Å². The monoisotopic (exact) mass is 507 g/mol. The summed E-state index contributed by atoms with van der Waals surface area (Å²) in [6, 6.07) is 1.94. The van der Waals surface area contributed by atoms with Crippen molar-refractivity contribution in [2.75, 3.05) is 40.3 Å². The van der Waals surface area contributed by atoms with Gasteiger partial charge in [-0.15, -0.1) is 0 Å². The molecule has 0 saturated carbocycles. The summed E-state index contributed by atoms with van der Waals surface area (Å²) < 4.78 is 1.83. The van der Waals surface area contributed by atoms with Crippen molar-refractivity contribution in [1.82, 2.24) is 29.9 Å². The molecule has 0 bridgehead atoms. The molecule has 3 amide bonds. The lowest BCUT2D eigenvalue weighted by atomic mass is 9.91. The van der Waals surface area contributed by atoms with Crippen molar-refractivity contribution in [2.45, 2.75) is 52.5 Å². The number of carbonyl (C=O) groups excluding carboxylic acids is 3. The van der Waals surface area contributed by atoms with Crippen molar-refractivity contribution in [2.24, 2.45) is 10.9 Å². The largest absolute Gasteiger partial charge is 0.351 e. The first-order valence-electron chi connectivity index (χ1n) is 12.9. The third kappa shape index (κ3) is 5.79. The molecule has 37 heavy (non-hydrogen) atoms. The van der Waals surface area contributed by atoms with Gasteiger partial charge < -0.3 is 15.1 Å². The number of nitrogens with one attached hydrogen (secondary N) is 1. The Bertz CT molecular complexity index is 1270. The van der Waals surface area contributed by atoms with Gasteiger partial charge in [-0.2, -0.15) is 5.10 Å². The molecule has 4 heterocycles. The SMILES string of the molecule is CC1=CC(C)=NC(=O)C1CNC(=O)c1cc(C2CCN(C(=O)CN(C)C)CC2)nc2c1cnn2C(C)C. The van der Waals surface area contributed by atoms with Gasteiger partial charge in [0.25, 0.3) is 11.8 Å². The van der Waals surface area contributed by atoms with Gasteiger partial charge in [0.05, 0.1) is 29.6 Å². The lowest BCUT2D eigenvalue weighted by molar-refractivity contribution is -0.132. The van der Waals surface area contributed by atoms with Crippen LogP contribution in [-0.2, 0) is 9.59 Å². The number of allylic oxidation sites excluding steroid dienone is 1. The van der Waals surface area contributed by atoms with E-state index < -0.39 is 5.92 Å². The summed E-state index contributed by atoms with van der Waals surface area (Å²) in [4.78, 5) is 51.1. The summed E-state index contributed by atoms with van der Waals surface area (Å²) in [6.45, 7) is 9.65. The minimum Gasteiger partial charge on any atom is -0.351 e. The summed E-state index contributed by atoms with van der Waals surface area (Å²) >= 11 is 0. The Balaban J connectivity index is 1.57. The van der Waals surface area contributed by atoms with Gasteiger partial charge in [0, 0.05) is 43.0 Å². The molecule has 10 heteroatoms. The van der Waals surface area contributed by atoms with Crippen LogP contribution in [0.3, 0.4) is 0 Å². The van der Waals surface area contributed by atoms with E-state index in [4.69, 9.17) is 4.98 Å². The molecular weight excluding hydrogens is 470 g/mol. The number of fused-ring (bicyclic) bond motifs is 1. The van der Waals surface area contributed by atoms with E-state index >= 15 is 0 Å². The number of rotatable bonds is 7. The van der Waals surface area contributed by atoms with Gasteiger partial charge in [0.2, 0.25) is 5.91 Å². The summed E-state index contributed by atoms with van der Waals surface area (Å²) in [6.07, 6.45) is 5.14. The fourth-order valence-electron chi connectivity index (χ4n) is 5.05. The molecule has 0 aromatic carbocycles. The highest BCUT2D eigenvalue weighted by Crippen LogP contribution is 2.31. The Kier molecular flexibility index (Phi) is 7.87. The second-order valence-corrected chi connectivity index (χ2v) is 10.7. The maximum Gasteiger partial charge on any atom is 0.254 e. The average Bonchev–Trinajstić information content (AvgIpc) is 3.26. The smallest absolute Gasteiger partial charge is 0.254 e. The molecule has 4 rings (SSSR count). The number of dihydropyridines is 1. The van der Waals surface area contributed by atoms with Gasteiger partial charge in [0.1, 0.15) is 0 Å². The van der Waals surface area contributed by atoms with Gasteiger partial charge >= 0.3 is 0 Å². The molecule has 1 fully saturated rings. The van der Waals surface area contributed by atoms with Crippen molar-refractivity contribution in [3.8, 4) is 0 Å². The van der Waals surface area contributed by atoms with E-state index in [1.807, 2.05) is 61.5 Å². The number of amides is 3. The Morgan fingerprint density at radius 2 is 1.89 bits per heavy atom. The van der Waals surface area contributed by atoms with E-state index in [0.29, 0.717) is 41.9 Å². The number of hydrogen-bond donors (Lipinski definition) is 1. The number of aromatic nitrogens is 3. The Hall–Kier alpha value is -3.40. The minimum absolute atomic E-state index is 0.0791. The van der Waals surface area contributed by atoms with Gasteiger partial charge in [-0.1, -0.05) is 5.57 Å². The quantitative estimate of drug-likeness (QED) is 0.616. The predicted octanol–water partition coefficient (Wildman–Crippen LogP) is 2.57. The van der Waals surface area contributed by atoms with E-state index in [0.717, 1.165) is 24.1 Å². The molecule has 0 spiro atoms. The topological polar surface area (TPSA) is 113 Å². The molecule has 2 aliphatic heterocycles. The van der Waals surface area contributed by atoms with Crippen LogP contribution in [0.5, 0.6) is 0 Å². The average molecular weight is 508 g/mol. The number of pyridine rings is 1. The molecule has 2 aromatic rings. The minimum atomic E-state index is -0.466. The third-order valence-electron chi connectivity index (χ3n) is 7.08. The number of likely N-dealkylation sites (N-methyl/N-ethyl adjacent to an activating group) is 1. The molecule has 10 nitrogen and oxygen atoms in total. The van der Waals surface area contributed by atoms with E-state index in [1.165, 1.54) is 0 Å². The molecule has 1 atom stereocenters. The first kappa shape index (κ1) is 26.7. The zero-order valence-corrected chi connectivity index (χ0v) is 22.6. The standard InChI is InChI=1S/C27H37N7O3/c1-16(2)34-25-22(14-29-34)20(26(36)28-13-21-17(3)11-18(4)30-27(21)37)12-23(31-25)19-7-9-33(10-8-19)24(35)15-32(5)6/h11-12,14,16,19,21H,7-10,13,15H2,1-6H3,(H,28,36). The summed E-state index contributed by atoms with van der Waals surface area (Å²) in [5.74, 6) is -0.695. The van der Waals surface area contributed by atoms with Crippen molar-refractivity contribution < 1.29 is 14.4 Å². The first-order chi connectivity index (χ1) is 17.5. The second-order valence-electron chi connectivity index (χ2n) is 10.7. The summed E-state index contributed by atoms with van der Waals surface area (Å²) in [7, 11) is 3.79. The highest BCUT2D eigenvalue weighted by molar-refractivity contribution is 6.07. The van der Waals surface area contributed by atoms with Crippen LogP contribution in [0.15, 0.2) is 28.9 Å².